The van der Waals surface area contributed by atoms with Crippen molar-refractivity contribution in [2.45, 2.75) is 52.6 Å². The Labute approximate surface area is 197 Å². The molecule has 174 valence electrons. The van der Waals surface area contributed by atoms with E-state index in [1.54, 1.807) is 0 Å². The van der Waals surface area contributed by atoms with Crippen molar-refractivity contribution < 1.29 is 4.74 Å². The number of likely N-dealkylation sites (tertiary alicyclic amines) is 1. The third-order valence-electron chi connectivity index (χ3n) is 7.33. The number of aryl methyl sites for hydroxylation is 2. The van der Waals surface area contributed by atoms with Gasteiger partial charge >= 0.3 is 0 Å². The Morgan fingerprint density at radius 2 is 1.78 bits per heavy atom. The highest BCUT2D eigenvalue weighted by atomic mass is 32.1. The van der Waals surface area contributed by atoms with Gasteiger partial charge in [0, 0.05) is 38.7 Å². The lowest BCUT2D eigenvalue weighted by atomic mass is 9.90. The molecule has 3 heterocycles. The Hall–Kier alpha value is -1.66. The van der Waals surface area contributed by atoms with E-state index in [-0.39, 0.29) is 5.60 Å². The molecule has 1 aromatic carbocycles. The lowest BCUT2D eigenvalue weighted by Gasteiger charge is -2.43. The Bertz CT molecular complexity index is 1000. The molecular formula is C27H39N3OS. The zero-order valence-electron chi connectivity index (χ0n) is 20.5. The monoisotopic (exact) mass is 453 g/mol. The topological polar surface area (TPSA) is 31.5 Å². The number of likely N-dealkylation sites (N-methyl/N-ethyl adjacent to an activating group) is 1. The molecule has 0 spiro atoms. The number of nitrogens with zero attached hydrogens (tertiary/aromatic N) is 2. The van der Waals surface area contributed by atoms with Gasteiger partial charge in [0.1, 0.15) is 4.83 Å². The second-order valence-electron chi connectivity index (χ2n) is 9.46. The van der Waals surface area contributed by atoms with Gasteiger partial charge in [0.15, 0.2) is 0 Å². The van der Waals surface area contributed by atoms with E-state index in [0.29, 0.717) is 0 Å². The first-order valence-corrected chi connectivity index (χ1v) is 13.0. The van der Waals surface area contributed by atoms with Crippen molar-refractivity contribution in [3.8, 4) is 11.3 Å². The predicted octanol–water partition coefficient (Wildman–Crippen LogP) is 5.88. The number of hydrogen-bond donors (Lipinski definition) is 1. The van der Waals surface area contributed by atoms with Gasteiger partial charge in [0.2, 0.25) is 0 Å². The number of thiophene rings is 1. The molecule has 5 heteroatoms. The molecule has 1 fully saturated rings. The SMILES string of the molecule is CCN(CC)CC1(OC)CCN(CCc2c(-c3cc(C)cc(C)c3)[nH]c3sccc23)CC1. The summed E-state index contributed by atoms with van der Waals surface area (Å²) in [5.74, 6) is 0. The molecule has 0 atom stereocenters. The van der Waals surface area contributed by atoms with Crippen molar-refractivity contribution in [2.24, 2.45) is 0 Å². The number of H-pyrrole nitrogens is 1. The van der Waals surface area contributed by atoms with Gasteiger partial charge in [0.05, 0.1) is 11.3 Å². The summed E-state index contributed by atoms with van der Waals surface area (Å²) in [5, 5.41) is 3.60. The van der Waals surface area contributed by atoms with Gasteiger partial charge in [-0.2, -0.15) is 0 Å². The van der Waals surface area contributed by atoms with Crippen LogP contribution in [-0.4, -0.2) is 66.8 Å². The van der Waals surface area contributed by atoms with Crippen LogP contribution in [-0.2, 0) is 11.2 Å². The van der Waals surface area contributed by atoms with Gasteiger partial charge in [-0.1, -0.05) is 31.0 Å². The highest BCUT2D eigenvalue weighted by molar-refractivity contribution is 7.16. The van der Waals surface area contributed by atoms with E-state index in [1.807, 2.05) is 18.4 Å². The molecule has 3 aromatic rings. The first kappa shape index (κ1) is 23.5. The molecule has 1 N–H and O–H groups in total. The molecule has 0 aliphatic carbocycles. The number of aromatic nitrogens is 1. The maximum absolute atomic E-state index is 6.09. The van der Waals surface area contributed by atoms with Gasteiger partial charge in [-0.3, -0.25) is 0 Å². The predicted molar refractivity (Wildman–Crippen MR) is 138 cm³/mol. The number of methoxy groups -OCH3 is 1. The molecule has 0 bridgehead atoms. The second kappa shape index (κ2) is 10.1. The van der Waals surface area contributed by atoms with Gasteiger partial charge in [0.25, 0.3) is 0 Å². The molecule has 4 rings (SSSR count). The van der Waals surface area contributed by atoms with Gasteiger partial charge in [-0.05, 0) is 80.9 Å². The number of ether oxygens (including phenoxy) is 1. The van der Waals surface area contributed by atoms with Crippen molar-refractivity contribution >= 4 is 21.6 Å². The maximum Gasteiger partial charge on any atom is 0.100 e. The molecule has 0 saturated carbocycles. The van der Waals surface area contributed by atoms with Crippen molar-refractivity contribution in [1.82, 2.24) is 14.8 Å². The van der Waals surface area contributed by atoms with Crippen LogP contribution >= 0.6 is 11.3 Å². The molecule has 4 nitrogen and oxygen atoms in total. The van der Waals surface area contributed by atoms with Crippen LogP contribution in [0.3, 0.4) is 0 Å². The van der Waals surface area contributed by atoms with Crippen molar-refractivity contribution in [3.63, 3.8) is 0 Å². The fraction of sp³-hybridized carbons (Fsp3) is 0.556. The Kier molecular flexibility index (Phi) is 7.40. The largest absolute Gasteiger partial charge is 0.377 e. The third-order valence-corrected chi connectivity index (χ3v) is 8.16. The number of piperidine rings is 1. The molecular weight excluding hydrogens is 414 g/mol. The number of aromatic amines is 1. The van der Waals surface area contributed by atoms with Crippen molar-refractivity contribution in [2.75, 3.05) is 46.4 Å². The van der Waals surface area contributed by atoms with Crippen LogP contribution < -0.4 is 0 Å². The molecule has 32 heavy (non-hydrogen) atoms. The maximum atomic E-state index is 6.09. The van der Waals surface area contributed by atoms with Crippen LogP contribution in [0.5, 0.6) is 0 Å². The summed E-state index contributed by atoms with van der Waals surface area (Å²) in [6.07, 6.45) is 3.31. The van der Waals surface area contributed by atoms with Crippen LogP contribution in [0.25, 0.3) is 21.5 Å². The summed E-state index contributed by atoms with van der Waals surface area (Å²) >= 11 is 1.81. The molecule has 1 saturated heterocycles. The lowest BCUT2D eigenvalue weighted by molar-refractivity contribution is -0.0750. The number of fused-ring (bicyclic) bond motifs is 1. The molecule has 0 unspecified atom stereocenters. The van der Waals surface area contributed by atoms with Crippen LogP contribution in [0, 0.1) is 13.8 Å². The van der Waals surface area contributed by atoms with E-state index in [9.17, 15) is 0 Å². The van der Waals surface area contributed by atoms with Crippen LogP contribution in [0.15, 0.2) is 29.6 Å². The quantitative estimate of drug-likeness (QED) is 0.439. The average Bonchev–Trinajstić information content (AvgIpc) is 3.38. The summed E-state index contributed by atoms with van der Waals surface area (Å²) in [6, 6.07) is 9.16. The van der Waals surface area contributed by atoms with E-state index in [2.05, 4.69) is 72.1 Å². The zero-order valence-corrected chi connectivity index (χ0v) is 21.3. The van der Waals surface area contributed by atoms with Gasteiger partial charge in [-0.25, -0.2) is 0 Å². The lowest BCUT2D eigenvalue weighted by Crippen LogP contribution is -2.52. The number of hydrogen-bond acceptors (Lipinski definition) is 4. The summed E-state index contributed by atoms with van der Waals surface area (Å²) in [7, 11) is 1.91. The highest BCUT2D eigenvalue weighted by Gasteiger charge is 2.35. The van der Waals surface area contributed by atoms with E-state index in [4.69, 9.17) is 4.74 Å². The van der Waals surface area contributed by atoms with Gasteiger partial charge in [-0.15, -0.1) is 11.3 Å². The van der Waals surface area contributed by atoms with E-state index in [0.717, 1.165) is 58.5 Å². The van der Waals surface area contributed by atoms with Crippen LogP contribution in [0.2, 0.25) is 0 Å². The van der Waals surface area contributed by atoms with Crippen LogP contribution in [0.4, 0.5) is 0 Å². The standard InChI is InChI=1S/C27H39N3OS/c1-6-29(7-2)19-27(31-5)10-13-30(14-11-27)12-8-23-24-9-15-32-26(24)28-25(23)22-17-20(3)16-21(4)18-22/h9,15-18,28H,6-8,10-14,19H2,1-5H3. The molecule has 0 amide bonds. The van der Waals surface area contributed by atoms with E-state index >= 15 is 0 Å². The fourth-order valence-electron chi connectivity index (χ4n) is 5.33. The number of nitrogens with one attached hydrogen (secondary N) is 1. The van der Waals surface area contributed by atoms with E-state index < -0.39 is 0 Å². The smallest absolute Gasteiger partial charge is 0.100 e. The Morgan fingerprint density at radius 1 is 1.09 bits per heavy atom. The fourth-order valence-corrected chi connectivity index (χ4v) is 6.15. The second-order valence-corrected chi connectivity index (χ2v) is 10.4. The summed E-state index contributed by atoms with van der Waals surface area (Å²) in [5.41, 5.74) is 6.76. The minimum absolute atomic E-state index is 0.0154. The Balaban J connectivity index is 1.47. The molecule has 0 radical (unpaired) electrons. The molecule has 1 aliphatic heterocycles. The third kappa shape index (κ3) is 4.96. The number of rotatable bonds is 9. The summed E-state index contributed by atoms with van der Waals surface area (Å²) in [6.45, 7) is 15.4. The summed E-state index contributed by atoms with van der Waals surface area (Å²) < 4.78 is 6.09. The first-order valence-electron chi connectivity index (χ1n) is 12.1. The van der Waals surface area contributed by atoms with E-state index in [1.165, 1.54) is 38.2 Å². The summed E-state index contributed by atoms with van der Waals surface area (Å²) in [4.78, 5) is 10.2. The Morgan fingerprint density at radius 3 is 2.41 bits per heavy atom. The first-order chi connectivity index (χ1) is 15.5. The molecule has 2 aromatic heterocycles. The average molecular weight is 454 g/mol. The minimum Gasteiger partial charge on any atom is -0.377 e. The minimum atomic E-state index is 0.0154. The van der Waals surface area contributed by atoms with Crippen molar-refractivity contribution in [1.29, 1.82) is 0 Å². The van der Waals surface area contributed by atoms with Crippen molar-refractivity contribution in [3.05, 3.63) is 46.3 Å². The zero-order chi connectivity index (χ0) is 22.7. The normalized spacial score (nSPS) is 16.9. The van der Waals surface area contributed by atoms with Crippen LogP contribution in [0.1, 0.15) is 43.4 Å². The molecule has 1 aliphatic rings. The van der Waals surface area contributed by atoms with Gasteiger partial charge < -0.3 is 19.5 Å². The number of benzene rings is 1. The highest BCUT2D eigenvalue weighted by Crippen LogP contribution is 2.35.